The van der Waals surface area contributed by atoms with E-state index in [0.29, 0.717) is 17.8 Å². The number of hydrogen-bond donors (Lipinski definition) is 0. The summed E-state index contributed by atoms with van der Waals surface area (Å²) in [5.74, 6) is 0.808. The van der Waals surface area contributed by atoms with E-state index in [9.17, 15) is 4.79 Å². The lowest BCUT2D eigenvalue weighted by atomic mass is 9.99. The van der Waals surface area contributed by atoms with E-state index < -0.39 is 0 Å². The standard InChI is InChI=1S/C22H21N5O2S/c1-15-6-7-16(29-20-8-10-23-18-9-13-30-21(18)20)14-26(15)22(28)17-4-2-3-5-19(17)27-24-11-12-25-27/h2-5,8-13,15-16H,6-7,14H2,1H3. The quantitative estimate of drug-likeness (QED) is 0.501. The van der Waals surface area contributed by atoms with Gasteiger partial charge in [-0.1, -0.05) is 12.1 Å². The molecule has 5 rings (SSSR count). The number of aromatic nitrogens is 4. The van der Waals surface area contributed by atoms with Crippen LogP contribution in [0.1, 0.15) is 30.1 Å². The molecule has 0 bridgehead atoms. The number of likely N-dealkylation sites (tertiary alicyclic amines) is 1. The normalized spacial score (nSPS) is 19.2. The number of carbonyl (C=O) groups is 1. The number of rotatable bonds is 4. The fourth-order valence-electron chi connectivity index (χ4n) is 3.90. The van der Waals surface area contributed by atoms with Crippen molar-refractivity contribution in [3.63, 3.8) is 0 Å². The Morgan fingerprint density at radius 3 is 2.80 bits per heavy atom. The lowest BCUT2D eigenvalue weighted by Gasteiger charge is -2.38. The first-order valence-electron chi connectivity index (χ1n) is 9.96. The highest BCUT2D eigenvalue weighted by atomic mass is 32.1. The summed E-state index contributed by atoms with van der Waals surface area (Å²) >= 11 is 1.62. The number of nitrogens with zero attached hydrogens (tertiary/aromatic N) is 5. The summed E-state index contributed by atoms with van der Waals surface area (Å²) in [5, 5.41) is 10.4. The summed E-state index contributed by atoms with van der Waals surface area (Å²) in [6.07, 6.45) is 6.71. The molecule has 1 aliphatic rings. The van der Waals surface area contributed by atoms with Crippen LogP contribution in [0.25, 0.3) is 15.9 Å². The fraction of sp³-hybridized carbons (Fsp3) is 0.273. The van der Waals surface area contributed by atoms with Gasteiger partial charge in [0.2, 0.25) is 0 Å². The average molecular weight is 420 g/mol. The maximum atomic E-state index is 13.5. The molecule has 4 heterocycles. The van der Waals surface area contributed by atoms with E-state index in [-0.39, 0.29) is 18.1 Å². The zero-order chi connectivity index (χ0) is 20.5. The third-order valence-corrected chi connectivity index (χ3v) is 6.39. The van der Waals surface area contributed by atoms with Gasteiger partial charge in [-0.3, -0.25) is 9.78 Å². The van der Waals surface area contributed by atoms with Crippen molar-refractivity contribution in [2.75, 3.05) is 6.54 Å². The van der Waals surface area contributed by atoms with Crippen molar-refractivity contribution in [1.29, 1.82) is 0 Å². The zero-order valence-corrected chi connectivity index (χ0v) is 17.3. The Bertz CT molecular complexity index is 1170. The van der Waals surface area contributed by atoms with Crippen LogP contribution in [0.4, 0.5) is 0 Å². The van der Waals surface area contributed by atoms with Gasteiger partial charge in [0.05, 0.1) is 40.4 Å². The minimum Gasteiger partial charge on any atom is -0.487 e. The topological polar surface area (TPSA) is 73.1 Å². The maximum Gasteiger partial charge on any atom is 0.256 e. The minimum atomic E-state index is -0.0622. The summed E-state index contributed by atoms with van der Waals surface area (Å²) in [4.78, 5) is 21.3. The second-order valence-corrected chi connectivity index (χ2v) is 8.32. The SMILES string of the molecule is CC1CCC(Oc2ccnc3ccsc23)CN1C(=O)c1ccccc1-n1nccn1. The second kappa shape index (κ2) is 7.87. The first kappa shape index (κ1) is 18.7. The van der Waals surface area contributed by atoms with Crippen LogP contribution in [0.15, 0.2) is 60.4 Å². The van der Waals surface area contributed by atoms with Crippen molar-refractivity contribution in [2.45, 2.75) is 31.9 Å². The molecule has 2 atom stereocenters. The van der Waals surface area contributed by atoms with Gasteiger partial charge in [-0.25, -0.2) is 0 Å². The van der Waals surface area contributed by atoms with Crippen molar-refractivity contribution in [3.8, 4) is 11.4 Å². The molecule has 1 aliphatic heterocycles. The van der Waals surface area contributed by atoms with E-state index >= 15 is 0 Å². The van der Waals surface area contributed by atoms with Crippen molar-refractivity contribution in [3.05, 3.63) is 65.9 Å². The number of hydrogen-bond acceptors (Lipinski definition) is 6. The number of piperidine rings is 1. The Balaban J connectivity index is 1.39. The summed E-state index contributed by atoms with van der Waals surface area (Å²) in [6, 6.07) is 11.5. The maximum absolute atomic E-state index is 13.5. The minimum absolute atomic E-state index is 0.0281. The Hall–Kier alpha value is -3.26. The Kier molecular flexibility index (Phi) is 4.92. The second-order valence-electron chi connectivity index (χ2n) is 7.40. The molecular formula is C22H21N5O2S. The van der Waals surface area contributed by atoms with Gasteiger partial charge in [-0.15, -0.1) is 11.3 Å². The van der Waals surface area contributed by atoms with Crippen LogP contribution >= 0.6 is 11.3 Å². The number of benzene rings is 1. The first-order valence-corrected chi connectivity index (χ1v) is 10.8. The molecule has 0 N–H and O–H groups in total. The molecule has 0 saturated carbocycles. The summed E-state index contributed by atoms with van der Waals surface area (Å²) in [7, 11) is 0. The van der Waals surface area contributed by atoms with Gasteiger partial charge in [0.1, 0.15) is 11.9 Å². The highest BCUT2D eigenvalue weighted by Gasteiger charge is 2.32. The number of carbonyl (C=O) groups excluding carboxylic acids is 1. The largest absolute Gasteiger partial charge is 0.487 e. The molecular weight excluding hydrogens is 398 g/mol. The number of pyridine rings is 1. The van der Waals surface area contributed by atoms with Crippen molar-refractivity contribution in [2.24, 2.45) is 0 Å². The Labute approximate surface area is 177 Å². The zero-order valence-electron chi connectivity index (χ0n) is 16.5. The van der Waals surface area contributed by atoms with E-state index in [1.165, 1.54) is 4.80 Å². The van der Waals surface area contributed by atoms with Crippen LogP contribution in [0, 0.1) is 0 Å². The fourth-order valence-corrected chi connectivity index (χ4v) is 4.71. The number of para-hydroxylation sites is 1. The van der Waals surface area contributed by atoms with Crippen LogP contribution < -0.4 is 4.74 Å². The van der Waals surface area contributed by atoms with Crippen molar-refractivity contribution >= 4 is 27.5 Å². The molecule has 1 fully saturated rings. The van der Waals surface area contributed by atoms with Crippen LogP contribution in [0.3, 0.4) is 0 Å². The molecule has 0 radical (unpaired) electrons. The van der Waals surface area contributed by atoms with Crippen molar-refractivity contribution < 1.29 is 9.53 Å². The summed E-state index contributed by atoms with van der Waals surface area (Å²) < 4.78 is 7.39. The molecule has 30 heavy (non-hydrogen) atoms. The van der Waals surface area contributed by atoms with E-state index in [4.69, 9.17) is 4.74 Å². The highest BCUT2D eigenvalue weighted by molar-refractivity contribution is 7.17. The Morgan fingerprint density at radius 2 is 1.93 bits per heavy atom. The summed E-state index contributed by atoms with van der Waals surface area (Å²) in [6.45, 7) is 2.63. The first-order chi connectivity index (χ1) is 14.7. The Morgan fingerprint density at radius 1 is 1.10 bits per heavy atom. The van der Waals surface area contributed by atoms with E-state index in [0.717, 1.165) is 28.8 Å². The van der Waals surface area contributed by atoms with Gasteiger partial charge < -0.3 is 9.64 Å². The van der Waals surface area contributed by atoms with E-state index in [2.05, 4.69) is 22.1 Å². The number of amides is 1. The number of ether oxygens (including phenoxy) is 1. The predicted octanol–water partition coefficient (Wildman–Crippen LogP) is 3.95. The molecule has 0 spiro atoms. The van der Waals surface area contributed by atoms with Gasteiger partial charge in [0.25, 0.3) is 5.91 Å². The van der Waals surface area contributed by atoms with Gasteiger partial charge in [0, 0.05) is 12.2 Å². The average Bonchev–Trinajstić information content (AvgIpc) is 3.47. The van der Waals surface area contributed by atoms with Crippen molar-refractivity contribution in [1.82, 2.24) is 24.9 Å². The van der Waals surface area contributed by atoms with E-state index in [1.807, 2.05) is 46.7 Å². The molecule has 8 heteroatoms. The smallest absolute Gasteiger partial charge is 0.256 e. The van der Waals surface area contributed by atoms with Gasteiger partial charge in [-0.05, 0) is 49.4 Å². The molecule has 1 amide bonds. The van der Waals surface area contributed by atoms with E-state index in [1.54, 1.807) is 29.9 Å². The lowest BCUT2D eigenvalue weighted by molar-refractivity contribution is 0.0388. The molecule has 3 aromatic heterocycles. The molecule has 152 valence electrons. The molecule has 1 saturated heterocycles. The molecule has 1 aromatic carbocycles. The van der Waals surface area contributed by atoms with Crippen LogP contribution in [0.2, 0.25) is 0 Å². The molecule has 0 aliphatic carbocycles. The van der Waals surface area contributed by atoms with Gasteiger partial charge in [-0.2, -0.15) is 15.0 Å². The molecule has 7 nitrogen and oxygen atoms in total. The molecule has 4 aromatic rings. The lowest BCUT2D eigenvalue weighted by Crippen LogP contribution is -2.49. The predicted molar refractivity (Wildman–Crippen MR) is 115 cm³/mol. The number of fused-ring (bicyclic) bond motifs is 1. The summed E-state index contributed by atoms with van der Waals surface area (Å²) in [5.41, 5.74) is 2.21. The monoisotopic (exact) mass is 419 g/mol. The number of thiophene rings is 1. The van der Waals surface area contributed by atoms with Gasteiger partial charge in [0.15, 0.2) is 0 Å². The van der Waals surface area contributed by atoms with Crippen LogP contribution in [-0.2, 0) is 0 Å². The van der Waals surface area contributed by atoms with Crippen LogP contribution in [-0.4, -0.2) is 49.5 Å². The van der Waals surface area contributed by atoms with Gasteiger partial charge >= 0.3 is 0 Å². The molecule has 2 unspecified atom stereocenters. The third-order valence-electron chi connectivity index (χ3n) is 5.47. The highest BCUT2D eigenvalue weighted by Crippen LogP contribution is 2.32. The van der Waals surface area contributed by atoms with Crippen LogP contribution in [0.5, 0.6) is 5.75 Å². The third kappa shape index (κ3) is 3.43.